The van der Waals surface area contributed by atoms with Gasteiger partial charge in [-0.05, 0) is 24.3 Å². The average Bonchev–Trinajstić information content (AvgIpc) is 3.39. The van der Waals surface area contributed by atoms with E-state index >= 15 is 0 Å². The van der Waals surface area contributed by atoms with Gasteiger partial charge in [-0.25, -0.2) is 14.6 Å². The van der Waals surface area contributed by atoms with Crippen molar-refractivity contribution in [1.29, 1.82) is 0 Å². The Morgan fingerprint density at radius 3 is 2.73 bits per heavy atom. The molecule has 130 valence electrons. The average molecular weight is 348 g/mol. The van der Waals surface area contributed by atoms with Gasteiger partial charge in [0.25, 0.3) is 0 Å². The summed E-state index contributed by atoms with van der Waals surface area (Å²) in [6, 6.07) is 13.3. The lowest BCUT2D eigenvalue weighted by Gasteiger charge is -2.07. The number of hydrogen-bond donors (Lipinski definition) is 0. The third-order valence-electron chi connectivity index (χ3n) is 3.97. The van der Waals surface area contributed by atoms with Crippen LogP contribution in [-0.4, -0.2) is 34.0 Å². The Labute approximate surface area is 149 Å². The summed E-state index contributed by atoms with van der Waals surface area (Å²) in [7, 11) is 3.25. The van der Waals surface area contributed by atoms with Crippen LogP contribution in [0.1, 0.15) is 0 Å². The fraction of sp³-hybridized carbons (Fsp3) is 0.105. The van der Waals surface area contributed by atoms with Crippen LogP contribution in [-0.2, 0) is 0 Å². The highest BCUT2D eigenvalue weighted by molar-refractivity contribution is 5.71. The first-order chi connectivity index (χ1) is 12.8. The molecule has 26 heavy (non-hydrogen) atoms. The zero-order valence-corrected chi connectivity index (χ0v) is 14.3. The fourth-order valence-corrected chi connectivity index (χ4v) is 2.66. The van der Waals surface area contributed by atoms with Crippen molar-refractivity contribution in [2.45, 2.75) is 0 Å². The lowest BCUT2D eigenvalue weighted by molar-refractivity contribution is 0.414. The topological polar surface area (TPSA) is 75.2 Å². The van der Waals surface area contributed by atoms with Crippen LogP contribution in [0, 0.1) is 0 Å². The van der Waals surface area contributed by atoms with Gasteiger partial charge in [0, 0.05) is 11.6 Å². The Kier molecular flexibility index (Phi) is 4.10. The van der Waals surface area contributed by atoms with Crippen LogP contribution in [0.2, 0.25) is 0 Å². The van der Waals surface area contributed by atoms with Gasteiger partial charge in [0.2, 0.25) is 0 Å². The number of ether oxygens (including phenoxy) is 2. The summed E-state index contributed by atoms with van der Waals surface area (Å²) < 4.78 is 17.8. The van der Waals surface area contributed by atoms with E-state index in [2.05, 4.69) is 15.1 Å². The molecule has 0 atom stereocenters. The maximum Gasteiger partial charge on any atom is 0.181 e. The number of rotatable bonds is 5. The Hall–Kier alpha value is -3.61. The van der Waals surface area contributed by atoms with Crippen molar-refractivity contribution in [3.8, 4) is 39.9 Å². The Morgan fingerprint density at radius 2 is 1.96 bits per heavy atom. The van der Waals surface area contributed by atoms with Crippen LogP contribution in [0.5, 0.6) is 11.5 Å². The van der Waals surface area contributed by atoms with E-state index in [1.54, 1.807) is 31.4 Å². The zero-order chi connectivity index (χ0) is 17.9. The molecule has 7 nitrogen and oxygen atoms in total. The zero-order valence-electron chi connectivity index (χ0n) is 14.3. The molecule has 0 amide bonds. The smallest absolute Gasteiger partial charge is 0.181 e. The maximum absolute atomic E-state index is 5.49. The molecule has 0 aliphatic carbocycles. The van der Waals surface area contributed by atoms with E-state index in [9.17, 15) is 0 Å². The molecule has 0 spiro atoms. The van der Waals surface area contributed by atoms with E-state index in [1.807, 2.05) is 42.5 Å². The standard InChI is InChI=1S/C19H16N4O3/c1-24-15-5-3-4-14(9-15)23-11-21-19(22-23)13-6-7-16(17(8-13)25-2)18-10-20-12-26-18/h3-12H,1-2H3. The molecule has 4 rings (SSSR count). The van der Waals surface area contributed by atoms with Gasteiger partial charge in [-0.1, -0.05) is 12.1 Å². The third-order valence-corrected chi connectivity index (χ3v) is 3.97. The van der Waals surface area contributed by atoms with E-state index in [-0.39, 0.29) is 0 Å². The molecular formula is C19H16N4O3. The van der Waals surface area contributed by atoms with E-state index in [4.69, 9.17) is 13.9 Å². The molecule has 0 saturated carbocycles. The summed E-state index contributed by atoms with van der Waals surface area (Å²) in [4.78, 5) is 8.35. The highest BCUT2D eigenvalue weighted by Gasteiger charge is 2.13. The highest BCUT2D eigenvalue weighted by atomic mass is 16.5. The Balaban J connectivity index is 1.69. The van der Waals surface area contributed by atoms with Crippen molar-refractivity contribution in [1.82, 2.24) is 19.7 Å². The lowest BCUT2D eigenvalue weighted by Crippen LogP contribution is -1.96. The van der Waals surface area contributed by atoms with Crippen molar-refractivity contribution in [3.05, 3.63) is 61.4 Å². The third kappa shape index (κ3) is 2.90. The van der Waals surface area contributed by atoms with Crippen molar-refractivity contribution < 1.29 is 13.9 Å². The fourth-order valence-electron chi connectivity index (χ4n) is 2.66. The van der Waals surface area contributed by atoms with E-state index in [1.165, 1.54) is 6.39 Å². The second kappa shape index (κ2) is 6.72. The molecule has 0 radical (unpaired) electrons. The second-order valence-corrected chi connectivity index (χ2v) is 5.49. The van der Waals surface area contributed by atoms with Gasteiger partial charge in [-0.3, -0.25) is 0 Å². The quantitative estimate of drug-likeness (QED) is 0.548. The SMILES string of the molecule is COc1cccc(-n2cnc(-c3ccc(-c4cnco4)c(OC)c3)n2)c1. The Morgan fingerprint density at radius 1 is 1.04 bits per heavy atom. The summed E-state index contributed by atoms with van der Waals surface area (Å²) in [5, 5.41) is 4.55. The molecule has 2 aromatic heterocycles. The summed E-state index contributed by atoms with van der Waals surface area (Å²) in [6.07, 6.45) is 4.70. The number of aromatic nitrogens is 4. The summed E-state index contributed by atoms with van der Waals surface area (Å²) in [5.41, 5.74) is 2.53. The van der Waals surface area contributed by atoms with Crippen LogP contribution < -0.4 is 9.47 Å². The first-order valence-electron chi connectivity index (χ1n) is 7.92. The molecule has 0 aliphatic heterocycles. The lowest BCUT2D eigenvalue weighted by atomic mass is 10.1. The molecule has 0 bridgehead atoms. The van der Waals surface area contributed by atoms with Gasteiger partial charge in [0.05, 0.1) is 31.7 Å². The van der Waals surface area contributed by atoms with Crippen LogP contribution in [0.15, 0.2) is 65.8 Å². The molecular weight excluding hydrogens is 332 g/mol. The summed E-state index contributed by atoms with van der Waals surface area (Å²) >= 11 is 0. The minimum Gasteiger partial charge on any atom is -0.497 e. The number of benzene rings is 2. The maximum atomic E-state index is 5.49. The van der Waals surface area contributed by atoms with Crippen molar-refractivity contribution in [3.63, 3.8) is 0 Å². The minimum atomic E-state index is 0.593. The molecule has 0 fully saturated rings. The Bertz CT molecular complexity index is 1020. The first kappa shape index (κ1) is 15.9. The minimum absolute atomic E-state index is 0.593. The number of nitrogens with zero attached hydrogens (tertiary/aromatic N) is 4. The van der Waals surface area contributed by atoms with Gasteiger partial charge < -0.3 is 13.9 Å². The van der Waals surface area contributed by atoms with Gasteiger partial charge in [0.15, 0.2) is 18.0 Å². The monoisotopic (exact) mass is 348 g/mol. The summed E-state index contributed by atoms with van der Waals surface area (Å²) in [5.74, 6) is 2.66. The molecule has 0 N–H and O–H groups in total. The van der Waals surface area contributed by atoms with Crippen molar-refractivity contribution >= 4 is 0 Å². The van der Waals surface area contributed by atoms with Crippen LogP contribution in [0.3, 0.4) is 0 Å². The van der Waals surface area contributed by atoms with E-state index in [0.29, 0.717) is 17.3 Å². The molecule has 4 aromatic rings. The normalized spacial score (nSPS) is 10.7. The first-order valence-corrected chi connectivity index (χ1v) is 7.92. The number of methoxy groups -OCH3 is 2. The molecule has 0 aliphatic rings. The molecule has 2 aromatic carbocycles. The van der Waals surface area contributed by atoms with Gasteiger partial charge in [0.1, 0.15) is 17.8 Å². The predicted molar refractivity (Wildman–Crippen MR) is 95.4 cm³/mol. The van der Waals surface area contributed by atoms with Gasteiger partial charge in [-0.2, -0.15) is 0 Å². The highest BCUT2D eigenvalue weighted by Crippen LogP contribution is 2.33. The van der Waals surface area contributed by atoms with Gasteiger partial charge >= 0.3 is 0 Å². The van der Waals surface area contributed by atoms with Crippen LogP contribution >= 0.6 is 0 Å². The van der Waals surface area contributed by atoms with Crippen molar-refractivity contribution in [2.75, 3.05) is 14.2 Å². The molecule has 2 heterocycles. The predicted octanol–water partition coefficient (Wildman–Crippen LogP) is 3.61. The van der Waals surface area contributed by atoms with Gasteiger partial charge in [-0.15, -0.1) is 5.10 Å². The van der Waals surface area contributed by atoms with Crippen molar-refractivity contribution in [2.24, 2.45) is 0 Å². The van der Waals surface area contributed by atoms with Crippen LogP contribution in [0.25, 0.3) is 28.4 Å². The van der Waals surface area contributed by atoms with E-state index in [0.717, 1.165) is 22.6 Å². The summed E-state index contributed by atoms with van der Waals surface area (Å²) in [6.45, 7) is 0. The molecule has 0 saturated heterocycles. The number of oxazole rings is 1. The molecule has 0 unspecified atom stereocenters. The molecule has 7 heteroatoms. The second-order valence-electron chi connectivity index (χ2n) is 5.49. The van der Waals surface area contributed by atoms with Crippen LogP contribution in [0.4, 0.5) is 0 Å². The van der Waals surface area contributed by atoms with E-state index < -0.39 is 0 Å². The number of hydrogen-bond acceptors (Lipinski definition) is 6. The largest absolute Gasteiger partial charge is 0.497 e.